The molecule has 8 heteroatoms. The number of benzene rings is 2. The maximum atomic E-state index is 13.0. The minimum absolute atomic E-state index is 0.0196. The van der Waals surface area contributed by atoms with Gasteiger partial charge in [0, 0.05) is 60.3 Å². The molecule has 0 saturated carbocycles. The third-order valence-corrected chi connectivity index (χ3v) is 7.16. The first kappa shape index (κ1) is 24.6. The average Bonchev–Trinajstić information content (AvgIpc) is 3.49. The molecule has 5 rings (SSSR count). The van der Waals surface area contributed by atoms with Crippen LogP contribution in [0, 0.1) is 0 Å². The van der Waals surface area contributed by atoms with E-state index in [1.165, 1.54) is 5.56 Å². The zero-order valence-electron chi connectivity index (χ0n) is 21.8. The summed E-state index contributed by atoms with van der Waals surface area (Å²) < 4.78 is 1.74. The zero-order chi connectivity index (χ0) is 26.3. The molecule has 37 heavy (non-hydrogen) atoms. The first-order chi connectivity index (χ1) is 17.6. The fourth-order valence-corrected chi connectivity index (χ4v) is 5.11. The topological polar surface area (TPSA) is 109 Å². The monoisotopic (exact) mass is 498 g/mol. The highest BCUT2D eigenvalue weighted by Crippen LogP contribution is 2.34. The van der Waals surface area contributed by atoms with Crippen molar-refractivity contribution < 1.29 is 9.59 Å². The lowest BCUT2D eigenvalue weighted by atomic mass is 9.86. The van der Waals surface area contributed by atoms with Gasteiger partial charge in [-0.05, 0) is 54.2 Å². The molecule has 1 saturated heterocycles. The predicted octanol–water partition coefficient (Wildman–Crippen LogP) is 4.36. The summed E-state index contributed by atoms with van der Waals surface area (Å²) in [7, 11) is 1.87. The van der Waals surface area contributed by atoms with Crippen molar-refractivity contribution in [2.45, 2.75) is 45.1 Å². The highest BCUT2D eigenvalue weighted by molar-refractivity contribution is 6.10. The van der Waals surface area contributed by atoms with Crippen LogP contribution in [0.5, 0.6) is 0 Å². The van der Waals surface area contributed by atoms with Crippen molar-refractivity contribution in [1.29, 1.82) is 0 Å². The molecule has 8 nitrogen and oxygen atoms in total. The number of amides is 2. The maximum Gasteiger partial charge on any atom is 0.251 e. The fraction of sp³-hybridized carbons (Fsp3) is 0.345. The molecule has 0 aliphatic carbocycles. The number of carbonyl (C=O) groups excluding carboxylic acids is 2. The highest BCUT2D eigenvalue weighted by Gasteiger charge is 2.25. The summed E-state index contributed by atoms with van der Waals surface area (Å²) in [6.45, 7) is 8.04. The van der Waals surface area contributed by atoms with Crippen LogP contribution in [0.3, 0.4) is 0 Å². The van der Waals surface area contributed by atoms with Gasteiger partial charge < -0.3 is 20.9 Å². The Morgan fingerprint density at radius 3 is 2.54 bits per heavy atom. The largest absolute Gasteiger partial charge is 0.369 e. The summed E-state index contributed by atoms with van der Waals surface area (Å²) in [6.07, 6.45) is 5.58. The lowest BCUT2D eigenvalue weighted by molar-refractivity contribution is 0.0932. The van der Waals surface area contributed by atoms with Crippen LogP contribution in [-0.2, 0) is 12.5 Å². The smallest absolute Gasteiger partial charge is 0.251 e. The number of anilines is 1. The van der Waals surface area contributed by atoms with E-state index in [2.05, 4.69) is 41.1 Å². The van der Waals surface area contributed by atoms with Crippen molar-refractivity contribution in [3.05, 3.63) is 71.5 Å². The number of nitrogens with one attached hydrogen (secondary N) is 2. The van der Waals surface area contributed by atoms with Gasteiger partial charge in [-0.15, -0.1) is 0 Å². The lowest BCUT2D eigenvalue weighted by Crippen LogP contribution is -2.47. The van der Waals surface area contributed by atoms with Crippen molar-refractivity contribution in [3.63, 3.8) is 0 Å². The van der Waals surface area contributed by atoms with Crippen LogP contribution in [0.4, 0.5) is 5.69 Å². The molecule has 1 aliphatic heterocycles. The van der Waals surface area contributed by atoms with E-state index in [1.54, 1.807) is 16.9 Å². The SMILES string of the molecule is Cn1cc(-c2cc3c(N4CCCC(NC(=O)c5ccc(C(C)(C)C)cc5)C4)ccc(C(N)=O)c3[nH]2)cn1. The van der Waals surface area contributed by atoms with Crippen LogP contribution in [0.2, 0.25) is 0 Å². The fourth-order valence-electron chi connectivity index (χ4n) is 5.11. The number of aromatic nitrogens is 3. The molecule has 0 spiro atoms. The molecular weight excluding hydrogens is 464 g/mol. The van der Waals surface area contributed by atoms with Crippen LogP contribution in [0.1, 0.15) is 59.9 Å². The number of fused-ring (bicyclic) bond motifs is 1. The Kier molecular flexibility index (Phi) is 6.27. The molecule has 2 amide bonds. The predicted molar refractivity (Wildman–Crippen MR) is 147 cm³/mol. The van der Waals surface area contributed by atoms with Gasteiger partial charge in [0.05, 0.1) is 17.3 Å². The molecule has 4 N–H and O–H groups in total. The van der Waals surface area contributed by atoms with Crippen molar-refractivity contribution in [2.75, 3.05) is 18.0 Å². The Labute approximate surface area is 216 Å². The molecule has 0 radical (unpaired) electrons. The lowest BCUT2D eigenvalue weighted by Gasteiger charge is -2.35. The Hall–Kier alpha value is -4.07. The number of aromatic amines is 1. The Bertz CT molecular complexity index is 1460. The van der Waals surface area contributed by atoms with Crippen LogP contribution in [-0.4, -0.2) is 45.7 Å². The Morgan fingerprint density at radius 2 is 1.89 bits per heavy atom. The van der Waals surface area contributed by atoms with Gasteiger partial charge in [-0.2, -0.15) is 5.10 Å². The average molecular weight is 499 g/mol. The van der Waals surface area contributed by atoms with E-state index >= 15 is 0 Å². The van der Waals surface area contributed by atoms with E-state index in [1.807, 2.05) is 49.6 Å². The van der Waals surface area contributed by atoms with Crippen LogP contribution in [0.25, 0.3) is 22.2 Å². The number of H-pyrrole nitrogens is 1. The second-order valence-corrected chi connectivity index (χ2v) is 11.0. The van der Waals surface area contributed by atoms with Crippen molar-refractivity contribution >= 4 is 28.4 Å². The summed E-state index contributed by atoms with van der Waals surface area (Å²) in [5, 5.41) is 8.43. The molecule has 1 fully saturated rings. The first-order valence-electron chi connectivity index (χ1n) is 12.7. The number of piperidine rings is 1. The standard InChI is InChI=1S/C29H34N6O2/c1-29(2,3)20-9-7-18(8-10-20)28(37)32-21-6-5-13-35(17-21)25-12-11-22(27(30)36)26-23(25)14-24(33-26)19-15-31-34(4)16-19/h7-12,14-16,21,33H,5-6,13,17H2,1-4H3,(H2,30,36)(H,32,37). The van der Waals surface area contributed by atoms with Gasteiger partial charge in [0.2, 0.25) is 0 Å². The van der Waals surface area contributed by atoms with Gasteiger partial charge in [0.1, 0.15) is 0 Å². The van der Waals surface area contributed by atoms with E-state index < -0.39 is 5.91 Å². The third kappa shape index (κ3) is 4.96. The van der Waals surface area contributed by atoms with Crippen LogP contribution >= 0.6 is 0 Å². The molecule has 1 aliphatic rings. The molecule has 2 aromatic carbocycles. The minimum Gasteiger partial charge on any atom is -0.369 e. The quantitative estimate of drug-likeness (QED) is 0.380. The number of nitrogens with two attached hydrogens (primary N) is 1. The maximum absolute atomic E-state index is 13.0. The second-order valence-electron chi connectivity index (χ2n) is 11.0. The number of nitrogens with zero attached hydrogens (tertiary/aromatic N) is 3. The summed E-state index contributed by atoms with van der Waals surface area (Å²) in [5.74, 6) is -0.528. The van der Waals surface area contributed by atoms with Gasteiger partial charge in [0.25, 0.3) is 11.8 Å². The molecule has 1 unspecified atom stereocenters. The summed E-state index contributed by atoms with van der Waals surface area (Å²) in [5.41, 5.74) is 11.6. The molecular formula is C29H34N6O2. The van der Waals surface area contributed by atoms with Gasteiger partial charge in [-0.3, -0.25) is 14.3 Å². The van der Waals surface area contributed by atoms with E-state index in [-0.39, 0.29) is 17.4 Å². The summed E-state index contributed by atoms with van der Waals surface area (Å²) in [4.78, 5) is 30.8. The number of carbonyl (C=O) groups is 2. The highest BCUT2D eigenvalue weighted by atomic mass is 16.2. The summed E-state index contributed by atoms with van der Waals surface area (Å²) >= 11 is 0. The van der Waals surface area contributed by atoms with Gasteiger partial charge in [0.15, 0.2) is 0 Å². The van der Waals surface area contributed by atoms with Crippen LogP contribution < -0.4 is 16.0 Å². The molecule has 2 aromatic heterocycles. The number of primary amides is 1. The van der Waals surface area contributed by atoms with Gasteiger partial charge in [-0.1, -0.05) is 32.9 Å². The number of aryl methyl sites for hydroxylation is 1. The molecule has 0 bridgehead atoms. The van der Waals surface area contributed by atoms with E-state index in [9.17, 15) is 9.59 Å². The molecule has 1 atom stereocenters. The van der Waals surface area contributed by atoms with E-state index in [0.29, 0.717) is 23.2 Å². The Balaban J connectivity index is 1.39. The second kappa shape index (κ2) is 9.42. The molecule has 3 heterocycles. The van der Waals surface area contributed by atoms with Crippen LogP contribution in [0.15, 0.2) is 54.9 Å². The number of rotatable bonds is 5. The minimum atomic E-state index is -0.475. The number of hydrogen-bond donors (Lipinski definition) is 3. The van der Waals surface area contributed by atoms with Crippen molar-refractivity contribution in [1.82, 2.24) is 20.1 Å². The third-order valence-electron chi connectivity index (χ3n) is 7.16. The zero-order valence-corrected chi connectivity index (χ0v) is 21.8. The number of hydrogen-bond acceptors (Lipinski definition) is 4. The van der Waals surface area contributed by atoms with E-state index in [0.717, 1.165) is 41.7 Å². The molecule has 4 aromatic rings. The van der Waals surface area contributed by atoms with Crippen molar-refractivity contribution in [3.8, 4) is 11.3 Å². The van der Waals surface area contributed by atoms with Crippen molar-refractivity contribution in [2.24, 2.45) is 12.8 Å². The summed E-state index contributed by atoms with van der Waals surface area (Å²) in [6, 6.07) is 13.7. The Morgan fingerprint density at radius 1 is 1.14 bits per heavy atom. The van der Waals surface area contributed by atoms with E-state index in [4.69, 9.17) is 5.73 Å². The van der Waals surface area contributed by atoms with Gasteiger partial charge in [-0.25, -0.2) is 0 Å². The first-order valence-corrected chi connectivity index (χ1v) is 12.7. The van der Waals surface area contributed by atoms with Gasteiger partial charge >= 0.3 is 0 Å². The molecule has 192 valence electrons. The normalized spacial score (nSPS) is 16.2.